The van der Waals surface area contributed by atoms with E-state index in [0.29, 0.717) is 0 Å². The number of rotatable bonds is 2. The molecule has 20 heavy (non-hydrogen) atoms. The van der Waals surface area contributed by atoms with Crippen molar-refractivity contribution in [2.24, 2.45) is 0 Å². The van der Waals surface area contributed by atoms with Gasteiger partial charge < -0.3 is 10.4 Å². The molecule has 104 valence electrons. The molecule has 2 N–H and O–H groups in total. The Bertz CT molecular complexity index is 651. The fraction of sp³-hybridized carbons (Fsp3) is 0. The third-order valence-corrected chi connectivity index (χ3v) is 3.39. The van der Waals surface area contributed by atoms with E-state index < -0.39 is 28.9 Å². The summed E-state index contributed by atoms with van der Waals surface area (Å²) in [4.78, 5) is 12.0. The molecule has 0 aliphatic rings. The van der Waals surface area contributed by atoms with Crippen molar-refractivity contribution in [3.63, 3.8) is 0 Å². The SMILES string of the molecule is O=C(Nc1c(Cl)cc(F)cc1Br)c1c(O)cccc1F. The molecule has 7 heteroatoms. The molecule has 0 aliphatic carbocycles. The Morgan fingerprint density at radius 2 is 2.00 bits per heavy atom. The zero-order chi connectivity index (χ0) is 14.9. The summed E-state index contributed by atoms with van der Waals surface area (Å²) in [5, 5.41) is 11.8. The second-order valence-electron chi connectivity index (χ2n) is 3.83. The van der Waals surface area contributed by atoms with Crippen LogP contribution in [0.25, 0.3) is 0 Å². The van der Waals surface area contributed by atoms with E-state index in [-0.39, 0.29) is 15.2 Å². The molecule has 2 aromatic carbocycles. The first-order chi connectivity index (χ1) is 9.40. The summed E-state index contributed by atoms with van der Waals surface area (Å²) in [6, 6.07) is 5.59. The molecule has 2 aromatic rings. The van der Waals surface area contributed by atoms with E-state index in [1.807, 2.05) is 0 Å². The standard InChI is InChI=1S/C13H7BrClF2NO2/c14-7-4-6(16)5-8(15)12(7)18-13(20)11-9(17)2-1-3-10(11)19/h1-5,19H,(H,18,20). The Morgan fingerprint density at radius 3 is 2.60 bits per heavy atom. The Balaban J connectivity index is 2.38. The normalized spacial score (nSPS) is 10.4. The smallest absolute Gasteiger partial charge is 0.262 e. The molecule has 3 nitrogen and oxygen atoms in total. The van der Waals surface area contributed by atoms with Crippen molar-refractivity contribution in [3.8, 4) is 5.75 Å². The molecule has 0 atom stereocenters. The maximum Gasteiger partial charge on any atom is 0.262 e. The van der Waals surface area contributed by atoms with Crippen molar-refractivity contribution in [3.05, 3.63) is 57.0 Å². The highest BCUT2D eigenvalue weighted by Gasteiger charge is 2.19. The fourth-order valence-electron chi connectivity index (χ4n) is 1.58. The molecule has 0 saturated heterocycles. The number of anilines is 1. The van der Waals surface area contributed by atoms with Gasteiger partial charge in [-0.05, 0) is 40.2 Å². The molecule has 0 radical (unpaired) electrons. The largest absolute Gasteiger partial charge is 0.507 e. The van der Waals surface area contributed by atoms with Crippen LogP contribution in [0.4, 0.5) is 14.5 Å². The van der Waals surface area contributed by atoms with Gasteiger partial charge in [-0.15, -0.1) is 0 Å². The fourth-order valence-corrected chi connectivity index (χ4v) is 2.47. The van der Waals surface area contributed by atoms with Crippen molar-refractivity contribution in [1.29, 1.82) is 0 Å². The van der Waals surface area contributed by atoms with Crippen molar-refractivity contribution < 1.29 is 18.7 Å². The van der Waals surface area contributed by atoms with E-state index in [9.17, 15) is 18.7 Å². The molecule has 0 spiro atoms. The maximum absolute atomic E-state index is 13.5. The van der Waals surface area contributed by atoms with Crippen LogP contribution in [0.1, 0.15) is 10.4 Å². The van der Waals surface area contributed by atoms with Crippen molar-refractivity contribution in [2.45, 2.75) is 0 Å². The van der Waals surface area contributed by atoms with Gasteiger partial charge in [0.05, 0.1) is 10.7 Å². The Hall–Kier alpha value is -1.66. The van der Waals surface area contributed by atoms with Crippen LogP contribution in [0.15, 0.2) is 34.8 Å². The predicted molar refractivity (Wildman–Crippen MR) is 75.1 cm³/mol. The van der Waals surface area contributed by atoms with Gasteiger partial charge in [0.25, 0.3) is 5.91 Å². The summed E-state index contributed by atoms with van der Waals surface area (Å²) < 4.78 is 26.8. The van der Waals surface area contributed by atoms with Crippen LogP contribution in [0.3, 0.4) is 0 Å². The summed E-state index contributed by atoms with van der Waals surface area (Å²) in [5.41, 5.74) is -0.430. The zero-order valence-electron chi connectivity index (χ0n) is 9.75. The quantitative estimate of drug-likeness (QED) is 0.835. The van der Waals surface area contributed by atoms with Crippen LogP contribution < -0.4 is 5.32 Å². The number of aromatic hydroxyl groups is 1. The number of hydrogen-bond acceptors (Lipinski definition) is 2. The molecule has 1 amide bonds. The number of amides is 1. The van der Waals surface area contributed by atoms with Crippen LogP contribution in [0.2, 0.25) is 5.02 Å². The van der Waals surface area contributed by atoms with E-state index in [0.717, 1.165) is 18.2 Å². The molecule has 2 rings (SSSR count). The number of hydrogen-bond donors (Lipinski definition) is 2. The topological polar surface area (TPSA) is 49.3 Å². The molecule has 0 saturated carbocycles. The molecule has 0 bridgehead atoms. The summed E-state index contributed by atoms with van der Waals surface area (Å²) in [5.74, 6) is -2.86. The molecule has 0 unspecified atom stereocenters. The van der Waals surface area contributed by atoms with Gasteiger partial charge in [0.1, 0.15) is 22.9 Å². The molecule has 0 heterocycles. The van der Waals surface area contributed by atoms with Crippen molar-refractivity contribution in [2.75, 3.05) is 5.32 Å². The summed E-state index contributed by atoms with van der Waals surface area (Å²) in [6.45, 7) is 0. The first kappa shape index (κ1) is 14.7. The van der Waals surface area contributed by atoms with Crippen LogP contribution >= 0.6 is 27.5 Å². The Morgan fingerprint density at radius 1 is 1.30 bits per heavy atom. The van der Waals surface area contributed by atoms with E-state index in [1.165, 1.54) is 12.1 Å². The third-order valence-electron chi connectivity index (χ3n) is 2.46. The lowest BCUT2D eigenvalue weighted by Crippen LogP contribution is -2.14. The first-order valence-electron chi connectivity index (χ1n) is 5.33. The minimum atomic E-state index is -0.894. The van der Waals surface area contributed by atoms with Gasteiger partial charge >= 0.3 is 0 Å². The lowest BCUT2D eigenvalue weighted by atomic mass is 10.1. The zero-order valence-corrected chi connectivity index (χ0v) is 12.1. The number of nitrogens with one attached hydrogen (secondary N) is 1. The van der Waals surface area contributed by atoms with Gasteiger partial charge in [0, 0.05) is 4.47 Å². The summed E-state index contributed by atoms with van der Waals surface area (Å²) >= 11 is 8.85. The Labute approximate surface area is 126 Å². The Kier molecular flexibility index (Phi) is 4.25. The third kappa shape index (κ3) is 2.91. The minimum absolute atomic E-state index is 0.0546. The summed E-state index contributed by atoms with van der Waals surface area (Å²) in [6.07, 6.45) is 0. The number of benzene rings is 2. The minimum Gasteiger partial charge on any atom is -0.507 e. The monoisotopic (exact) mass is 361 g/mol. The van der Waals surface area contributed by atoms with Crippen molar-refractivity contribution in [1.82, 2.24) is 0 Å². The highest BCUT2D eigenvalue weighted by molar-refractivity contribution is 9.10. The first-order valence-corrected chi connectivity index (χ1v) is 6.50. The van der Waals surface area contributed by atoms with Crippen LogP contribution in [0.5, 0.6) is 5.75 Å². The number of phenolic OH excluding ortho intramolecular Hbond substituents is 1. The van der Waals surface area contributed by atoms with Crippen LogP contribution in [0, 0.1) is 11.6 Å². The van der Waals surface area contributed by atoms with Gasteiger partial charge in [-0.25, -0.2) is 8.78 Å². The maximum atomic E-state index is 13.5. The molecular weight excluding hydrogens is 356 g/mol. The van der Waals surface area contributed by atoms with Crippen LogP contribution in [-0.4, -0.2) is 11.0 Å². The van der Waals surface area contributed by atoms with E-state index >= 15 is 0 Å². The second-order valence-corrected chi connectivity index (χ2v) is 5.09. The lowest BCUT2D eigenvalue weighted by Gasteiger charge is -2.11. The molecule has 0 fully saturated rings. The van der Waals surface area contributed by atoms with Gasteiger partial charge in [-0.1, -0.05) is 17.7 Å². The summed E-state index contributed by atoms with van der Waals surface area (Å²) in [7, 11) is 0. The van der Waals surface area contributed by atoms with E-state index in [2.05, 4.69) is 21.2 Å². The van der Waals surface area contributed by atoms with Gasteiger partial charge in [0.2, 0.25) is 0 Å². The number of halogens is 4. The van der Waals surface area contributed by atoms with Gasteiger partial charge in [0.15, 0.2) is 0 Å². The second kappa shape index (κ2) is 5.76. The lowest BCUT2D eigenvalue weighted by molar-refractivity contribution is 0.102. The molecule has 0 aliphatic heterocycles. The highest BCUT2D eigenvalue weighted by atomic mass is 79.9. The number of carbonyl (C=O) groups is 1. The van der Waals surface area contributed by atoms with E-state index in [4.69, 9.17) is 11.6 Å². The van der Waals surface area contributed by atoms with Gasteiger partial charge in [-0.3, -0.25) is 4.79 Å². The van der Waals surface area contributed by atoms with Crippen LogP contribution in [-0.2, 0) is 0 Å². The number of carbonyl (C=O) groups excluding carboxylic acids is 1. The highest BCUT2D eigenvalue weighted by Crippen LogP contribution is 2.32. The number of phenols is 1. The van der Waals surface area contributed by atoms with Gasteiger partial charge in [-0.2, -0.15) is 0 Å². The predicted octanol–water partition coefficient (Wildman–Crippen LogP) is 4.34. The molecule has 0 aromatic heterocycles. The average Bonchev–Trinajstić information content (AvgIpc) is 2.33. The van der Waals surface area contributed by atoms with Crippen molar-refractivity contribution >= 4 is 39.1 Å². The molecular formula is C13H7BrClF2NO2. The van der Waals surface area contributed by atoms with E-state index in [1.54, 1.807) is 0 Å². The average molecular weight is 363 g/mol.